The first-order chi connectivity index (χ1) is 8.41. The highest BCUT2D eigenvalue weighted by atomic mass is 16.3. The molecule has 0 heterocycles. The Morgan fingerprint density at radius 1 is 1.00 bits per heavy atom. The van der Waals surface area contributed by atoms with Gasteiger partial charge in [-0.15, -0.1) is 0 Å². The van der Waals surface area contributed by atoms with Gasteiger partial charge in [0, 0.05) is 18.2 Å². The third-order valence-electron chi connectivity index (χ3n) is 3.03. The fraction of sp³-hybridized carbons (Fsp3) is 0.571. The number of nitrogens with one attached hydrogen (secondary N) is 1. The minimum Gasteiger partial charge on any atom is -0.504 e. The molecule has 0 bridgehead atoms. The molecule has 4 N–H and O–H groups in total. The highest BCUT2D eigenvalue weighted by Gasteiger charge is 2.11. The van der Waals surface area contributed by atoms with Crippen molar-refractivity contribution in [3.63, 3.8) is 0 Å². The van der Waals surface area contributed by atoms with Gasteiger partial charge >= 0.3 is 0 Å². The van der Waals surface area contributed by atoms with Crippen LogP contribution in [-0.4, -0.2) is 21.4 Å². The van der Waals surface area contributed by atoms with Gasteiger partial charge in [0.1, 0.15) is 0 Å². The third kappa shape index (κ3) is 4.11. The molecule has 1 unspecified atom stereocenters. The van der Waals surface area contributed by atoms with Crippen molar-refractivity contribution in [1.29, 1.82) is 0 Å². The van der Waals surface area contributed by atoms with E-state index in [0.717, 1.165) is 12.8 Å². The van der Waals surface area contributed by atoms with Gasteiger partial charge in [-0.3, -0.25) is 0 Å². The smallest absolute Gasteiger partial charge is 0.200 e. The summed E-state index contributed by atoms with van der Waals surface area (Å²) in [6.07, 6.45) is 2.23. The van der Waals surface area contributed by atoms with Gasteiger partial charge in [0.15, 0.2) is 11.5 Å². The van der Waals surface area contributed by atoms with Gasteiger partial charge in [0.2, 0.25) is 5.75 Å². The minimum atomic E-state index is -0.455. The number of hydrogen-bond acceptors (Lipinski definition) is 4. The molecule has 0 saturated carbocycles. The van der Waals surface area contributed by atoms with E-state index in [1.165, 1.54) is 6.07 Å². The molecule has 18 heavy (non-hydrogen) atoms. The van der Waals surface area contributed by atoms with E-state index in [4.69, 9.17) is 0 Å². The molecule has 4 nitrogen and oxygen atoms in total. The van der Waals surface area contributed by atoms with E-state index in [1.807, 2.05) is 0 Å². The van der Waals surface area contributed by atoms with Crippen LogP contribution in [0.4, 0.5) is 0 Å². The Labute approximate surface area is 108 Å². The maximum atomic E-state index is 9.66. The quantitative estimate of drug-likeness (QED) is 0.588. The summed E-state index contributed by atoms with van der Waals surface area (Å²) >= 11 is 0. The standard InChI is InChI=1S/C14H23NO3/c1-9(2)4-5-10(3)15-8-11-6-7-12(16)14(18)13(11)17/h6-7,9-10,15-18H,4-5,8H2,1-3H3. The molecule has 1 aromatic rings. The minimum absolute atomic E-state index is 0.251. The molecule has 0 saturated heterocycles. The second-order valence-electron chi connectivity index (χ2n) is 5.19. The van der Waals surface area contributed by atoms with Crippen molar-refractivity contribution in [3.05, 3.63) is 17.7 Å². The lowest BCUT2D eigenvalue weighted by atomic mass is 10.0. The normalized spacial score (nSPS) is 12.9. The fourth-order valence-corrected chi connectivity index (χ4v) is 1.72. The van der Waals surface area contributed by atoms with Crippen molar-refractivity contribution in [2.45, 2.75) is 46.2 Å². The number of phenols is 3. The van der Waals surface area contributed by atoms with Gasteiger partial charge in [0.25, 0.3) is 0 Å². The lowest BCUT2D eigenvalue weighted by Gasteiger charge is -2.16. The van der Waals surface area contributed by atoms with Crippen LogP contribution in [0.25, 0.3) is 0 Å². The molecule has 4 heteroatoms. The number of benzene rings is 1. The topological polar surface area (TPSA) is 72.7 Å². The van der Waals surface area contributed by atoms with Crippen LogP contribution in [0.3, 0.4) is 0 Å². The largest absolute Gasteiger partial charge is 0.504 e. The average Bonchev–Trinajstić information content (AvgIpc) is 2.32. The summed E-state index contributed by atoms with van der Waals surface area (Å²) in [5.41, 5.74) is 0.585. The predicted octanol–water partition coefficient (Wildman–Crippen LogP) is 2.72. The van der Waals surface area contributed by atoms with Gasteiger partial charge in [0.05, 0.1) is 0 Å². The molecule has 0 spiro atoms. The first kappa shape index (κ1) is 14.6. The first-order valence-corrected chi connectivity index (χ1v) is 6.38. The molecule has 0 aliphatic heterocycles. The molecule has 0 aliphatic rings. The number of phenolic OH excluding ortho intramolecular Hbond substituents is 3. The van der Waals surface area contributed by atoms with Crippen molar-refractivity contribution >= 4 is 0 Å². The van der Waals surface area contributed by atoms with E-state index in [0.29, 0.717) is 24.1 Å². The molecular weight excluding hydrogens is 230 g/mol. The van der Waals surface area contributed by atoms with E-state index in [9.17, 15) is 15.3 Å². The van der Waals surface area contributed by atoms with E-state index in [-0.39, 0.29) is 11.5 Å². The van der Waals surface area contributed by atoms with E-state index >= 15 is 0 Å². The number of hydrogen-bond donors (Lipinski definition) is 4. The number of rotatable bonds is 6. The van der Waals surface area contributed by atoms with Crippen LogP contribution < -0.4 is 5.32 Å². The molecule has 102 valence electrons. The molecule has 0 fully saturated rings. The van der Waals surface area contributed by atoms with E-state index < -0.39 is 5.75 Å². The third-order valence-corrected chi connectivity index (χ3v) is 3.03. The molecular formula is C14H23NO3. The van der Waals surface area contributed by atoms with Gasteiger partial charge < -0.3 is 20.6 Å². The zero-order valence-corrected chi connectivity index (χ0v) is 11.3. The van der Waals surface area contributed by atoms with Crippen molar-refractivity contribution in [2.24, 2.45) is 5.92 Å². The Morgan fingerprint density at radius 3 is 2.28 bits per heavy atom. The average molecular weight is 253 g/mol. The van der Waals surface area contributed by atoms with Crippen molar-refractivity contribution in [1.82, 2.24) is 5.32 Å². The number of aromatic hydroxyl groups is 3. The summed E-state index contributed by atoms with van der Waals surface area (Å²) in [6, 6.07) is 3.33. The van der Waals surface area contributed by atoms with Crippen molar-refractivity contribution in [3.8, 4) is 17.2 Å². The molecule has 0 aliphatic carbocycles. The van der Waals surface area contributed by atoms with Gasteiger partial charge in [-0.1, -0.05) is 19.9 Å². The Morgan fingerprint density at radius 2 is 1.67 bits per heavy atom. The summed E-state index contributed by atoms with van der Waals surface area (Å²) < 4.78 is 0. The second-order valence-corrected chi connectivity index (χ2v) is 5.19. The van der Waals surface area contributed by atoms with Crippen molar-refractivity contribution in [2.75, 3.05) is 0 Å². The summed E-state index contributed by atoms with van der Waals surface area (Å²) in [4.78, 5) is 0. The second kappa shape index (κ2) is 6.50. The Bertz CT molecular complexity index is 391. The molecule has 0 radical (unpaired) electrons. The zero-order chi connectivity index (χ0) is 13.7. The molecule has 1 aromatic carbocycles. The maximum Gasteiger partial charge on any atom is 0.200 e. The summed E-state index contributed by atoms with van der Waals surface area (Å²) in [5, 5.41) is 31.6. The summed E-state index contributed by atoms with van der Waals surface area (Å²) in [6.45, 7) is 6.95. The highest BCUT2D eigenvalue weighted by Crippen LogP contribution is 2.36. The monoisotopic (exact) mass is 253 g/mol. The fourth-order valence-electron chi connectivity index (χ4n) is 1.72. The van der Waals surface area contributed by atoms with E-state index in [1.54, 1.807) is 6.07 Å². The van der Waals surface area contributed by atoms with Crippen LogP contribution in [0.15, 0.2) is 12.1 Å². The SMILES string of the molecule is CC(C)CCC(C)NCc1ccc(O)c(O)c1O. The summed E-state index contributed by atoms with van der Waals surface area (Å²) in [5.74, 6) is -0.327. The predicted molar refractivity (Wildman–Crippen MR) is 71.8 cm³/mol. The molecule has 1 rings (SSSR count). The van der Waals surface area contributed by atoms with Crippen LogP contribution >= 0.6 is 0 Å². The molecule has 0 amide bonds. The zero-order valence-electron chi connectivity index (χ0n) is 11.3. The molecule has 0 aromatic heterocycles. The van der Waals surface area contributed by atoms with Crippen LogP contribution in [0, 0.1) is 5.92 Å². The van der Waals surface area contributed by atoms with Crippen LogP contribution in [0.2, 0.25) is 0 Å². The van der Waals surface area contributed by atoms with Gasteiger partial charge in [-0.25, -0.2) is 0 Å². The Kier molecular flexibility index (Phi) is 5.28. The molecule has 1 atom stereocenters. The van der Waals surface area contributed by atoms with Gasteiger partial charge in [-0.05, 0) is 31.7 Å². The van der Waals surface area contributed by atoms with Gasteiger partial charge in [-0.2, -0.15) is 0 Å². The first-order valence-electron chi connectivity index (χ1n) is 6.38. The van der Waals surface area contributed by atoms with Crippen LogP contribution in [0.1, 0.15) is 39.2 Å². The van der Waals surface area contributed by atoms with Crippen molar-refractivity contribution < 1.29 is 15.3 Å². The Hall–Kier alpha value is -1.42. The maximum absolute atomic E-state index is 9.66. The van der Waals surface area contributed by atoms with Crippen LogP contribution in [-0.2, 0) is 6.54 Å². The highest BCUT2D eigenvalue weighted by molar-refractivity contribution is 5.52. The van der Waals surface area contributed by atoms with E-state index in [2.05, 4.69) is 26.1 Å². The lowest BCUT2D eigenvalue weighted by Crippen LogP contribution is -2.25. The lowest BCUT2D eigenvalue weighted by molar-refractivity contribution is 0.362. The van der Waals surface area contributed by atoms with Crippen LogP contribution in [0.5, 0.6) is 17.2 Å². The summed E-state index contributed by atoms with van der Waals surface area (Å²) in [7, 11) is 0. The Balaban J connectivity index is 2.51.